The summed E-state index contributed by atoms with van der Waals surface area (Å²) in [6.07, 6.45) is 8.82. The maximum Gasteiger partial charge on any atom is 0.0761 e. The number of aromatic nitrogens is 1. The third kappa shape index (κ3) is 3.34. The van der Waals surface area contributed by atoms with E-state index in [0.717, 1.165) is 25.1 Å². The lowest BCUT2D eigenvalue weighted by molar-refractivity contribution is -0.0328. The van der Waals surface area contributed by atoms with Crippen LogP contribution in [0.4, 0.5) is 0 Å². The Morgan fingerprint density at radius 2 is 2.11 bits per heavy atom. The molecule has 19 heavy (non-hydrogen) atoms. The van der Waals surface area contributed by atoms with Gasteiger partial charge in [-0.1, -0.05) is 19.4 Å². The number of pyridine rings is 1. The van der Waals surface area contributed by atoms with Gasteiger partial charge in [0, 0.05) is 24.4 Å². The molecule has 1 aromatic rings. The smallest absolute Gasteiger partial charge is 0.0761 e. The second-order valence-electron chi connectivity index (χ2n) is 5.84. The Balaban J connectivity index is 2.06. The van der Waals surface area contributed by atoms with Crippen LogP contribution in [0.25, 0.3) is 0 Å². The first-order valence-electron chi connectivity index (χ1n) is 7.49. The van der Waals surface area contributed by atoms with Crippen LogP contribution in [-0.4, -0.2) is 39.7 Å². The molecule has 0 saturated carbocycles. The Kier molecular flexibility index (Phi) is 4.94. The summed E-state index contributed by atoms with van der Waals surface area (Å²) in [5.74, 6) is 0. The molecule has 3 heteroatoms. The van der Waals surface area contributed by atoms with Gasteiger partial charge in [0.15, 0.2) is 0 Å². The molecule has 0 aliphatic carbocycles. The van der Waals surface area contributed by atoms with Crippen molar-refractivity contribution in [1.82, 2.24) is 9.88 Å². The Morgan fingerprint density at radius 1 is 1.37 bits per heavy atom. The summed E-state index contributed by atoms with van der Waals surface area (Å²) in [4.78, 5) is 6.62. The summed E-state index contributed by atoms with van der Waals surface area (Å²) in [5.41, 5.74) is 1.00. The minimum absolute atomic E-state index is 0.115. The summed E-state index contributed by atoms with van der Waals surface area (Å²) >= 11 is 0. The molecule has 0 bridgehead atoms. The van der Waals surface area contributed by atoms with Gasteiger partial charge in [0.25, 0.3) is 0 Å². The number of aliphatic hydroxyl groups is 1. The number of nitrogens with zero attached hydrogens (tertiary/aromatic N) is 2. The van der Waals surface area contributed by atoms with E-state index < -0.39 is 0 Å². The largest absolute Gasteiger partial charge is 0.391 e. The Labute approximate surface area is 116 Å². The van der Waals surface area contributed by atoms with E-state index in [2.05, 4.69) is 23.7 Å². The highest BCUT2D eigenvalue weighted by atomic mass is 16.3. The van der Waals surface area contributed by atoms with Crippen LogP contribution >= 0.6 is 0 Å². The normalized spacial score (nSPS) is 21.8. The van der Waals surface area contributed by atoms with Crippen LogP contribution in [0.2, 0.25) is 0 Å². The van der Waals surface area contributed by atoms with Crippen LogP contribution in [0, 0.1) is 0 Å². The lowest BCUT2D eigenvalue weighted by Crippen LogP contribution is -2.56. The minimum Gasteiger partial charge on any atom is -0.391 e. The number of rotatable bonds is 5. The first kappa shape index (κ1) is 14.5. The van der Waals surface area contributed by atoms with Crippen molar-refractivity contribution in [3.05, 3.63) is 30.1 Å². The van der Waals surface area contributed by atoms with Crippen molar-refractivity contribution in [2.24, 2.45) is 0 Å². The zero-order valence-electron chi connectivity index (χ0n) is 12.2. The van der Waals surface area contributed by atoms with E-state index in [1.54, 1.807) is 6.20 Å². The molecule has 1 N–H and O–H groups in total. The highest BCUT2D eigenvalue weighted by Crippen LogP contribution is 2.29. The molecule has 0 radical (unpaired) electrons. The van der Waals surface area contributed by atoms with E-state index >= 15 is 0 Å². The molecule has 1 aromatic heterocycles. The van der Waals surface area contributed by atoms with E-state index in [1.165, 1.54) is 19.3 Å². The molecule has 0 aromatic carbocycles. The maximum atomic E-state index is 10.7. The Morgan fingerprint density at radius 3 is 2.68 bits per heavy atom. The molecule has 106 valence electrons. The molecule has 0 spiro atoms. The van der Waals surface area contributed by atoms with E-state index in [-0.39, 0.29) is 11.6 Å². The lowest BCUT2D eigenvalue weighted by atomic mass is 9.84. The molecule has 1 aliphatic rings. The van der Waals surface area contributed by atoms with Gasteiger partial charge in [-0.3, -0.25) is 9.88 Å². The summed E-state index contributed by atoms with van der Waals surface area (Å²) in [5, 5.41) is 10.7. The average Bonchev–Trinajstić information content (AvgIpc) is 2.48. The fraction of sp³-hybridized carbons (Fsp3) is 0.688. The van der Waals surface area contributed by atoms with E-state index in [1.807, 2.05) is 18.3 Å². The van der Waals surface area contributed by atoms with Crippen LogP contribution in [0.1, 0.15) is 45.1 Å². The van der Waals surface area contributed by atoms with Crippen molar-refractivity contribution in [1.29, 1.82) is 0 Å². The SMILES string of the molecule is CCC(C)(C(O)Cc1cccnc1)N1CCCCC1. The molecule has 2 unspecified atom stereocenters. The molecule has 1 fully saturated rings. The van der Waals surface area contributed by atoms with Crippen molar-refractivity contribution >= 4 is 0 Å². The average molecular weight is 262 g/mol. The van der Waals surface area contributed by atoms with E-state index in [4.69, 9.17) is 0 Å². The van der Waals surface area contributed by atoms with Crippen molar-refractivity contribution in [3.8, 4) is 0 Å². The molecule has 2 rings (SSSR count). The van der Waals surface area contributed by atoms with Crippen LogP contribution < -0.4 is 0 Å². The summed E-state index contributed by atoms with van der Waals surface area (Å²) in [6.45, 7) is 6.63. The number of piperidine rings is 1. The van der Waals surface area contributed by atoms with Crippen LogP contribution in [0.3, 0.4) is 0 Å². The van der Waals surface area contributed by atoms with Gasteiger partial charge < -0.3 is 5.11 Å². The zero-order valence-corrected chi connectivity index (χ0v) is 12.2. The van der Waals surface area contributed by atoms with Crippen LogP contribution in [-0.2, 0) is 6.42 Å². The molecule has 0 amide bonds. The number of hydrogen-bond acceptors (Lipinski definition) is 3. The highest BCUT2D eigenvalue weighted by molar-refractivity contribution is 5.11. The predicted octanol–water partition coefficient (Wildman–Crippen LogP) is 2.64. The molecule has 1 aliphatic heterocycles. The standard InChI is InChI=1S/C16H26N2O/c1-3-16(2,18-10-5-4-6-11-18)15(19)12-14-8-7-9-17-13-14/h7-9,13,15,19H,3-6,10-12H2,1-2H3. The van der Waals surface area contributed by atoms with Gasteiger partial charge in [0.2, 0.25) is 0 Å². The van der Waals surface area contributed by atoms with Gasteiger partial charge in [-0.2, -0.15) is 0 Å². The molecular formula is C16H26N2O. The second-order valence-corrected chi connectivity index (χ2v) is 5.84. The van der Waals surface area contributed by atoms with Crippen molar-refractivity contribution < 1.29 is 5.11 Å². The Bertz CT molecular complexity index is 376. The predicted molar refractivity (Wildman–Crippen MR) is 78.1 cm³/mol. The van der Waals surface area contributed by atoms with Crippen molar-refractivity contribution in [2.75, 3.05) is 13.1 Å². The monoisotopic (exact) mass is 262 g/mol. The molecule has 2 heterocycles. The van der Waals surface area contributed by atoms with Crippen LogP contribution in [0.5, 0.6) is 0 Å². The first-order valence-corrected chi connectivity index (χ1v) is 7.49. The highest BCUT2D eigenvalue weighted by Gasteiger charge is 2.37. The van der Waals surface area contributed by atoms with Gasteiger partial charge in [0.05, 0.1) is 6.10 Å². The van der Waals surface area contributed by atoms with Crippen molar-refractivity contribution in [2.45, 2.75) is 57.6 Å². The van der Waals surface area contributed by atoms with Gasteiger partial charge in [-0.05, 0) is 50.9 Å². The first-order chi connectivity index (χ1) is 9.16. The minimum atomic E-state index is -0.334. The fourth-order valence-corrected chi connectivity index (χ4v) is 3.04. The van der Waals surface area contributed by atoms with Crippen molar-refractivity contribution in [3.63, 3.8) is 0 Å². The molecule has 1 saturated heterocycles. The third-order valence-electron chi connectivity index (χ3n) is 4.66. The Hall–Kier alpha value is -0.930. The maximum absolute atomic E-state index is 10.7. The van der Waals surface area contributed by atoms with Crippen LogP contribution in [0.15, 0.2) is 24.5 Å². The lowest BCUT2D eigenvalue weighted by Gasteiger charge is -2.46. The molecule has 3 nitrogen and oxygen atoms in total. The fourth-order valence-electron chi connectivity index (χ4n) is 3.04. The van der Waals surface area contributed by atoms with E-state index in [9.17, 15) is 5.11 Å². The number of aliphatic hydroxyl groups excluding tert-OH is 1. The third-order valence-corrected chi connectivity index (χ3v) is 4.66. The zero-order chi connectivity index (χ0) is 13.7. The summed E-state index contributed by atoms with van der Waals surface area (Å²) in [7, 11) is 0. The van der Waals surface area contributed by atoms with E-state index in [0.29, 0.717) is 6.42 Å². The number of hydrogen-bond donors (Lipinski definition) is 1. The summed E-state index contributed by atoms with van der Waals surface area (Å²) < 4.78 is 0. The summed E-state index contributed by atoms with van der Waals surface area (Å²) in [6, 6.07) is 3.98. The van der Waals surface area contributed by atoms with Gasteiger partial charge in [0.1, 0.15) is 0 Å². The van der Waals surface area contributed by atoms with Gasteiger partial charge in [-0.15, -0.1) is 0 Å². The molecular weight excluding hydrogens is 236 g/mol. The topological polar surface area (TPSA) is 36.4 Å². The molecule has 2 atom stereocenters. The van der Waals surface area contributed by atoms with Gasteiger partial charge >= 0.3 is 0 Å². The second kappa shape index (κ2) is 6.49. The number of likely N-dealkylation sites (tertiary alicyclic amines) is 1. The van der Waals surface area contributed by atoms with Gasteiger partial charge in [-0.25, -0.2) is 0 Å². The quantitative estimate of drug-likeness (QED) is 0.886.